The highest BCUT2D eigenvalue weighted by Crippen LogP contribution is 2.33. The first-order chi connectivity index (χ1) is 9.17. The van der Waals surface area contributed by atoms with Gasteiger partial charge in [0.25, 0.3) is 0 Å². The fraction of sp³-hybridized carbons (Fsp3) is 0.733. The van der Waals surface area contributed by atoms with Gasteiger partial charge in [-0.25, -0.2) is 0 Å². The summed E-state index contributed by atoms with van der Waals surface area (Å²) < 4.78 is 5.63. The van der Waals surface area contributed by atoms with Crippen molar-refractivity contribution in [3.63, 3.8) is 0 Å². The van der Waals surface area contributed by atoms with E-state index in [0.717, 1.165) is 32.6 Å². The Morgan fingerprint density at radius 3 is 2.84 bits per heavy atom. The first-order valence-electron chi connectivity index (χ1n) is 7.32. The number of thiophene rings is 1. The van der Waals surface area contributed by atoms with Crippen molar-refractivity contribution in [2.75, 3.05) is 19.8 Å². The van der Waals surface area contributed by atoms with E-state index in [9.17, 15) is 0 Å². The fourth-order valence-electron chi connectivity index (χ4n) is 2.84. The first kappa shape index (κ1) is 15.0. The minimum atomic E-state index is 0.199. The lowest BCUT2D eigenvalue weighted by molar-refractivity contribution is -0.0354. The Bertz CT molecular complexity index is 393. The van der Waals surface area contributed by atoms with Crippen LogP contribution in [0, 0.1) is 6.92 Å². The number of hydrogen-bond acceptors (Lipinski definition) is 4. The second-order valence-corrected chi connectivity index (χ2v) is 6.66. The van der Waals surface area contributed by atoms with E-state index in [1.807, 2.05) is 11.3 Å². The van der Waals surface area contributed by atoms with Crippen molar-refractivity contribution < 1.29 is 4.74 Å². The van der Waals surface area contributed by atoms with Crippen LogP contribution >= 0.6 is 11.3 Å². The number of rotatable bonds is 5. The molecule has 0 aromatic carbocycles. The minimum absolute atomic E-state index is 0.199. The van der Waals surface area contributed by atoms with Gasteiger partial charge in [-0.1, -0.05) is 13.8 Å². The van der Waals surface area contributed by atoms with Gasteiger partial charge in [0.05, 0.1) is 19.3 Å². The van der Waals surface area contributed by atoms with E-state index >= 15 is 0 Å². The zero-order chi connectivity index (χ0) is 13.8. The van der Waals surface area contributed by atoms with Crippen LogP contribution < -0.4 is 5.73 Å². The van der Waals surface area contributed by atoms with Gasteiger partial charge in [-0.05, 0) is 31.9 Å². The van der Waals surface area contributed by atoms with Gasteiger partial charge in [-0.15, -0.1) is 11.3 Å². The maximum absolute atomic E-state index is 6.43. The fourth-order valence-corrected chi connectivity index (χ4v) is 3.92. The molecule has 3 nitrogen and oxygen atoms in total. The number of nitrogens with zero attached hydrogens (tertiary/aromatic N) is 1. The molecule has 3 unspecified atom stereocenters. The number of nitrogens with two attached hydrogens (primary N) is 1. The molecule has 1 aromatic heterocycles. The van der Waals surface area contributed by atoms with Crippen LogP contribution in [0.2, 0.25) is 0 Å². The minimum Gasteiger partial charge on any atom is -0.378 e. The highest BCUT2D eigenvalue weighted by atomic mass is 32.1. The van der Waals surface area contributed by atoms with Gasteiger partial charge in [0.15, 0.2) is 0 Å². The van der Waals surface area contributed by atoms with Gasteiger partial charge in [0.2, 0.25) is 0 Å². The third-order valence-corrected chi connectivity index (χ3v) is 5.10. The van der Waals surface area contributed by atoms with Crippen molar-refractivity contribution in [3.05, 3.63) is 21.9 Å². The van der Waals surface area contributed by atoms with E-state index in [1.165, 1.54) is 9.75 Å². The zero-order valence-electron chi connectivity index (χ0n) is 12.3. The van der Waals surface area contributed by atoms with Gasteiger partial charge in [-0.2, -0.15) is 0 Å². The number of hydrogen-bond donors (Lipinski definition) is 1. The van der Waals surface area contributed by atoms with Gasteiger partial charge < -0.3 is 10.5 Å². The maximum atomic E-state index is 6.43. The molecule has 108 valence electrons. The molecule has 0 aliphatic carbocycles. The summed E-state index contributed by atoms with van der Waals surface area (Å²) in [5.41, 5.74) is 6.43. The van der Waals surface area contributed by atoms with Crippen LogP contribution in [0.5, 0.6) is 0 Å². The number of ether oxygens (including phenoxy) is 1. The average Bonchev–Trinajstić information content (AvgIpc) is 2.85. The van der Waals surface area contributed by atoms with E-state index in [-0.39, 0.29) is 6.04 Å². The second kappa shape index (κ2) is 6.84. The highest BCUT2D eigenvalue weighted by molar-refractivity contribution is 7.12. The Morgan fingerprint density at radius 2 is 2.26 bits per heavy atom. The van der Waals surface area contributed by atoms with Crippen LogP contribution in [-0.2, 0) is 4.74 Å². The third kappa shape index (κ3) is 3.37. The Labute approximate surface area is 120 Å². The molecule has 0 radical (unpaired) electrons. The summed E-state index contributed by atoms with van der Waals surface area (Å²) in [6.07, 6.45) is 2.13. The lowest BCUT2D eigenvalue weighted by Crippen LogP contribution is -2.51. The Morgan fingerprint density at radius 1 is 1.47 bits per heavy atom. The molecule has 2 rings (SSSR count). The zero-order valence-corrected chi connectivity index (χ0v) is 13.1. The van der Waals surface area contributed by atoms with Crippen LogP contribution in [0.3, 0.4) is 0 Å². The van der Waals surface area contributed by atoms with E-state index in [4.69, 9.17) is 10.5 Å². The molecule has 1 aliphatic rings. The Hall–Kier alpha value is -0.420. The second-order valence-electron chi connectivity index (χ2n) is 5.34. The summed E-state index contributed by atoms with van der Waals surface area (Å²) in [4.78, 5) is 5.35. The summed E-state index contributed by atoms with van der Waals surface area (Å²) in [6.45, 7) is 9.24. The van der Waals surface area contributed by atoms with Gasteiger partial charge in [0.1, 0.15) is 0 Å². The molecule has 1 aromatic rings. The third-order valence-electron chi connectivity index (χ3n) is 4.03. The SMILES string of the molecule is CCC(N)C(c1ccc(C)s1)N1CCOCC1CC. The smallest absolute Gasteiger partial charge is 0.0622 e. The van der Waals surface area contributed by atoms with Gasteiger partial charge in [-0.3, -0.25) is 4.90 Å². The van der Waals surface area contributed by atoms with E-state index < -0.39 is 0 Å². The normalized spacial score (nSPS) is 24.3. The molecular weight excluding hydrogens is 256 g/mol. The summed E-state index contributed by atoms with van der Waals surface area (Å²) in [5.74, 6) is 0. The van der Waals surface area contributed by atoms with Crippen molar-refractivity contribution in [2.24, 2.45) is 5.73 Å². The van der Waals surface area contributed by atoms with Gasteiger partial charge >= 0.3 is 0 Å². The van der Waals surface area contributed by atoms with Gasteiger partial charge in [0, 0.05) is 28.4 Å². The average molecular weight is 282 g/mol. The summed E-state index contributed by atoms with van der Waals surface area (Å²) in [6, 6.07) is 5.50. The molecule has 0 saturated carbocycles. The van der Waals surface area contributed by atoms with Crippen molar-refractivity contribution in [1.82, 2.24) is 4.90 Å². The molecule has 0 spiro atoms. The number of morpholine rings is 1. The van der Waals surface area contributed by atoms with Crippen molar-refractivity contribution in [3.8, 4) is 0 Å². The molecule has 2 heterocycles. The molecule has 4 heteroatoms. The monoisotopic (exact) mass is 282 g/mol. The lowest BCUT2D eigenvalue weighted by atomic mass is 9.99. The highest BCUT2D eigenvalue weighted by Gasteiger charge is 2.33. The quantitative estimate of drug-likeness (QED) is 0.902. The molecular formula is C15H26N2OS. The van der Waals surface area contributed by atoms with Crippen LogP contribution in [0.25, 0.3) is 0 Å². The predicted molar refractivity (Wildman–Crippen MR) is 81.7 cm³/mol. The molecule has 0 bridgehead atoms. The predicted octanol–water partition coefficient (Wildman–Crippen LogP) is 2.95. The van der Waals surface area contributed by atoms with E-state index in [0.29, 0.717) is 12.1 Å². The maximum Gasteiger partial charge on any atom is 0.0622 e. The van der Waals surface area contributed by atoms with Crippen molar-refractivity contribution >= 4 is 11.3 Å². The van der Waals surface area contributed by atoms with Crippen LogP contribution in [-0.4, -0.2) is 36.7 Å². The molecule has 3 atom stereocenters. The topological polar surface area (TPSA) is 38.5 Å². The van der Waals surface area contributed by atoms with Crippen molar-refractivity contribution in [1.29, 1.82) is 0 Å². The Balaban J connectivity index is 2.26. The number of aryl methyl sites for hydroxylation is 1. The van der Waals surface area contributed by atoms with E-state index in [1.54, 1.807) is 0 Å². The molecule has 0 amide bonds. The Kier molecular flexibility index (Phi) is 5.39. The van der Waals surface area contributed by atoms with Crippen LogP contribution in [0.1, 0.15) is 42.5 Å². The lowest BCUT2D eigenvalue weighted by Gasteiger charge is -2.42. The summed E-state index contributed by atoms with van der Waals surface area (Å²) in [7, 11) is 0. The molecule has 2 N–H and O–H groups in total. The first-order valence-corrected chi connectivity index (χ1v) is 8.14. The molecule has 1 saturated heterocycles. The molecule has 19 heavy (non-hydrogen) atoms. The van der Waals surface area contributed by atoms with Crippen molar-refractivity contribution in [2.45, 2.75) is 51.7 Å². The van der Waals surface area contributed by atoms with Crippen LogP contribution in [0.4, 0.5) is 0 Å². The summed E-state index contributed by atoms with van der Waals surface area (Å²) in [5, 5.41) is 0. The van der Waals surface area contributed by atoms with E-state index in [2.05, 4.69) is 37.8 Å². The molecule has 1 aliphatic heterocycles. The van der Waals surface area contributed by atoms with Crippen LogP contribution in [0.15, 0.2) is 12.1 Å². The largest absolute Gasteiger partial charge is 0.378 e. The summed E-state index contributed by atoms with van der Waals surface area (Å²) >= 11 is 1.88. The standard InChI is InChI=1S/C15H26N2OS/c1-4-12-10-18-9-8-17(12)15(13(16)5-2)14-7-6-11(3)19-14/h6-7,12-13,15H,4-5,8-10,16H2,1-3H3. The molecule has 1 fully saturated rings.